The molecule has 0 saturated carbocycles. The minimum Gasteiger partial charge on any atom is -0.508 e. The van der Waals surface area contributed by atoms with Gasteiger partial charge in [-0.3, -0.25) is 0 Å². The lowest BCUT2D eigenvalue weighted by Crippen LogP contribution is -2.06. The largest absolute Gasteiger partial charge is 0.508 e. The van der Waals surface area contributed by atoms with Crippen molar-refractivity contribution in [3.63, 3.8) is 0 Å². The van der Waals surface area contributed by atoms with Crippen molar-refractivity contribution >= 4 is 38.2 Å². The van der Waals surface area contributed by atoms with Crippen molar-refractivity contribution in [1.29, 1.82) is 0 Å². The van der Waals surface area contributed by atoms with Crippen LogP contribution < -0.4 is 16.8 Å². The summed E-state index contributed by atoms with van der Waals surface area (Å²) in [6.07, 6.45) is 0.700. The zero-order chi connectivity index (χ0) is 22.0. The first-order valence-electron chi connectivity index (χ1n) is 9.52. The van der Waals surface area contributed by atoms with Crippen LogP contribution in [0.4, 0.5) is 17.5 Å². The number of phenolic OH excluding ortho intramolecular Hbond substituents is 1. The molecule has 0 fully saturated rings. The summed E-state index contributed by atoms with van der Waals surface area (Å²) in [4.78, 5) is 8.48. The van der Waals surface area contributed by atoms with Gasteiger partial charge in [0.2, 0.25) is 15.8 Å². The Bertz CT molecular complexity index is 1340. The van der Waals surface area contributed by atoms with Crippen LogP contribution in [0.5, 0.6) is 5.75 Å². The van der Waals surface area contributed by atoms with E-state index >= 15 is 0 Å². The van der Waals surface area contributed by atoms with E-state index in [2.05, 4.69) is 15.3 Å². The molecule has 6 N–H and O–H groups in total. The predicted molar refractivity (Wildman–Crippen MR) is 121 cm³/mol. The highest BCUT2D eigenvalue weighted by atomic mass is 32.2. The lowest BCUT2D eigenvalue weighted by atomic mass is 10.1. The SMILES string of the molecule is Nc1nc(N)c2cc(NCCc3ccc(S(=O)(=O)c4ccc(O)cc4)cc3)ccc2n1. The van der Waals surface area contributed by atoms with Crippen molar-refractivity contribution in [3.8, 4) is 5.75 Å². The second-order valence-corrected chi connectivity index (χ2v) is 8.97. The summed E-state index contributed by atoms with van der Waals surface area (Å²) in [5.41, 5.74) is 14.1. The van der Waals surface area contributed by atoms with E-state index in [1.807, 2.05) is 18.2 Å². The van der Waals surface area contributed by atoms with E-state index in [1.54, 1.807) is 24.3 Å². The molecule has 31 heavy (non-hydrogen) atoms. The van der Waals surface area contributed by atoms with Crippen molar-refractivity contribution in [1.82, 2.24) is 9.97 Å². The second kappa shape index (κ2) is 8.11. The van der Waals surface area contributed by atoms with Gasteiger partial charge < -0.3 is 21.9 Å². The number of anilines is 3. The Morgan fingerprint density at radius 3 is 2.19 bits per heavy atom. The molecule has 3 aromatic carbocycles. The highest BCUT2D eigenvalue weighted by molar-refractivity contribution is 7.91. The average molecular weight is 436 g/mol. The van der Waals surface area contributed by atoms with Gasteiger partial charge >= 0.3 is 0 Å². The average Bonchev–Trinajstić information content (AvgIpc) is 2.75. The molecule has 4 aromatic rings. The number of sulfone groups is 1. The van der Waals surface area contributed by atoms with Crippen molar-refractivity contribution in [2.75, 3.05) is 23.3 Å². The molecule has 1 heterocycles. The molecule has 0 saturated heterocycles. The molecule has 0 aliphatic rings. The first-order chi connectivity index (χ1) is 14.8. The van der Waals surface area contributed by atoms with Crippen LogP contribution in [0.2, 0.25) is 0 Å². The van der Waals surface area contributed by atoms with Crippen LogP contribution in [0.25, 0.3) is 10.9 Å². The van der Waals surface area contributed by atoms with Gasteiger partial charge in [0, 0.05) is 17.6 Å². The van der Waals surface area contributed by atoms with Gasteiger partial charge in [-0.15, -0.1) is 0 Å². The Balaban J connectivity index is 1.42. The highest BCUT2D eigenvalue weighted by Gasteiger charge is 2.17. The van der Waals surface area contributed by atoms with E-state index in [9.17, 15) is 13.5 Å². The Kier molecular flexibility index (Phi) is 5.35. The lowest BCUT2D eigenvalue weighted by molar-refractivity contribution is 0.475. The van der Waals surface area contributed by atoms with E-state index < -0.39 is 9.84 Å². The third-order valence-corrected chi connectivity index (χ3v) is 6.65. The number of nitrogens with one attached hydrogen (secondary N) is 1. The van der Waals surface area contributed by atoms with Gasteiger partial charge in [0.15, 0.2) is 0 Å². The third-order valence-electron chi connectivity index (χ3n) is 4.87. The predicted octanol–water partition coefficient (Wildman–Crippen LogP) is 2.99. The zero-order valence-corrected chi connectivity index (χ0v) is 17.3. The molecule has 4 rings (SSSR count). The number of hydrogen-bond donors (Lipinski definition) is 4. The molecule has 8 nitrogen and oxygen atoms in total. The fraction of sp³-hybridized carbons (Fsp3) is 0.0909. The third kappa shape index (κ3) is 4.36. The first kappa shape index (κ1) is 20.4. The van der Waals surface area contributed by atoms with Gasteiger partial charge in [-0.25, -0.2) is 13.4 Å². The molecule has 1 aromatic heterocycles. The molecule has 0 spiro atoms. The molecular formula is C22H21N5O3S. The van der Waals surface area contributed by atoms with E-state index in [0.29, 0.717) is 24.3 Å². The number of nitrogens with zero attached hydrogens (tertiary/aromatic N) is 2. The number of aromatic hydroxyl groups is 1. The van der Waals surface area contributed by atoms with Gasteiger partial charge in [0.05, 0.1) is 15.3 Å². The number of nitrogens with two attached hydrogens (primary N) is 2. The number of nitrogen functional groups attached to an aromatic ring is 2. The topological polar surface area (TPSA) is 144 Å². The highest BCUT2D eigenvalue weighted by Crippen LogP contribution is 2.24. The number of rotatable bonds is 6. The maximum absolute atomic E-state index is 12.7. The smallest absolute Gasteiger partial charge is 0.222 e. The van der Waals surface area contributed by atoms with Crippen molar-refractivity contribution in [3.05, 3.63) is 72.3 Å². The molecule has 9 heteroatoms. The first-order valence-corrected chi connectivity index (χ1v) is 11.0. The Hall–Kier alpha value is -3.85. The number of phenols is 1. The minimum absolute atomic E-state index is 0.0209. The number of aromatic nitrogens is 2. The fourth-order valence-electron chi connectivity index (χ4n) is 3.23. The number of fused-ring (bicyclic) bond motifs is 1. The summed E-state index contributed by atoms with van der Waals surface area (Å²) in [5.74, 6) is 0.491. The van der Waals surface area contributed by atoms with Crippen LogP contribution in [0.1, 0.15) is 5.56 Å². The standard InChI is InChI=1S/C22H21N5O3S/c23-21-19-13-15(3-10-20(19)26-22(24)27-21)25-12-11-14-1-6-17(7-2-14)31(29,30)18-8-4-16(28)5-9-18/h1-10,13,25,28H,11-12H2,(H4,23,24,26,27). The molecule has 0 aliphatic carbocycles. The summed E-state index contributed by atoms with van der Waals surface area (Å²) in [6.45, 7) is 0.644. The van der Waals surface area contributed by atoms with Crippen LogP contribution >= 0.6 is 0 Å². The summed E-state index contributed by atoms with van der Waals surface area (Å²) in [7, 11) is -3.62. The minimum atomic E-state index is -3.62. The van der Waals surface area contributed by atoms with E-state index in [1.165, 1.54) is 24.3 Å². The Morgan fingerprint density at radius 2 is 1.52 bits per heavy atom. The quantitative estimate of drug-likeness (QED) is 0.362. The van der Waals surface area contributed by atoms with Crippen LogP contribution in [-0.4, -0.2) is 30.0 Å². The summed E-state index contributed by atoms with van der Waals surface area (Å²) < 4.78 is 25.4. The molecule has 0 aliphatic heterocycles. The van der Waals surface area contributed by atoms with E-state index in [4.69, 9.17) is 11.5 Å². The summed E-state index contributed by atoms with van der Waals surface area (Å²) in [5, 5.41) is 13.4. The maximum atomic E-state index is 12.7. The van der Waals surface area contributed by atoms with Crippen LogP contribution in [-0.2, 0) is 16.3 Å². The fourth-order valence-corrected chi connectivity index (χ4v) is 4.49. The molecule has 0 unspecified atom stereocenters. The van der Waals surface area contributed by atoms with Gasteiger partial charge in [-0.1, -0.05) is 12.1 Å². The maximum Gasteiger partial charge on any atom is 0.222 e. The van der Waals surface area contributed by atoms with Gasteiger partial charge in [0.1, 0.15) is 11.6 Å². The van der Waals surface area contributed by atoms with Crippen LogP contribution in [0.3, 0.4) is 0 Å². The molecule has 0 atom stereocenters. The van der Waals surface area contributed by atoms with Crippen molar-refractivity contribution in [2.45, 2.75) is 16.2 Å². The zero-order valence-electron chi connectivity index (χ0n) is 16.5. The number of hydrogen-bond acceptors (Lipinski definition) is 8. The molecule has 158 valence electrons. The molecule has 0 radical (unpaired) electrons. The van der Waals surface area contributed by atoms with Crippen LogP contribution in [0, 0.1) is 0 Å². The molecular weight excluding hydrogens is 414 g/mol. The van der Waals surface area contributed by atoms with Gasteiger partial charge in [0.25, 0.3) is 0 Å². The lowest BCUT2D eigenvalue weighted by Gasteiger charge is -2.10. The van der Waals surface area contributed by atoms with Gasteiger partial charge in [-0.2, -0.15) is 4.98 Å². The molecule has 0 amide bonds. The van der Waals surface area contributed by atoms with Crippen molar-refractivity contribution < 1.29 is 13.5 Å². The summed E-state index contributed by atoms with van der Waals surface area (Å²) in [6, 6.07) is 17.9. The summed E-state index contributed by atoms with van der Waals surface area (Å²) >= 11 is 0. The normalized spacial score (nSPS) is 11.5. The van der Waals surface area contributed by atoms with Gasteiger partial charge in [-0.05, 0) is 66.6 Å². The molecule has 0 bridgehead atoms. The van der Waals surface area contributed by atoms with E-state index in [-0.39, 0.29) is 21.5 Å². The Labute approximate surface area is 179 Å². The van der Waals surface area contributed by atoms with Crippen molar-refractivity contribution in [2.24, 2.45) is 0 Å². The number of benzene rings is 3. The Morgan fingerprint density at radius 1 is 0.871 bits per heavy atom. The van der Waals surface area contributed by atoms with Crippen LogP contribution in [0.15, 0.2) is 76.5 Å². The van der Waals surface area contributed by atoms with E-state index in [0.717, 1.165) is 16.6 Å². The monoisotopic (exact) mass is 435 g/mol. The second-order valence-electron chi connectivity index (χ2n) is 7.02.